The molecule has 0 atom stereocenters. The summed E-state index contributed by atoms with van der Waals surface area (Å²) >= 11 is 0. The molecule has 0 unspecified atom stereocenters. The number of nitrogens with one attached hydrogen (secondary N) is 1. The van der Waals surface area contributed by atoms with Crippen molar-refractivity contribution in [2.45, 2.75) is 31.7 Å². The summed E-state index contributed by atoms with van der Waals surface area (Å²) in [6.45, 7) is 3.11. The van der Waals surface area contributed by atoms with E-state index in [1.54, 1.807) is 31.2 Å². The molecule has 1 N–H and O–H groups in total. The number of nitriles is 1. The quantitative estimate of drug-likeness (QED) is 0.816. The Balaban J connectivity index is 2.41. The molecule has 0 saturated heterocycles. The van der Waals surface area contributed by atoms with E-state index < -0.39 is 10.0 Å². The molecule has 1 amide bonds. The molecule has 1 heterocycles. The van der Waals surface area contributed by atoms with Crippen LogP contribution < -0.4 is 5.32 Å². The third-order valence-electron chi connectivity index (χ3n) is 3.51. The Morgan fingerprint density at radius 1 is 1.36 bits per heavy atom. The highest BCUT2D eigenvalue weighted by Gasteiger charge is 2.27. The number of carbonyl (C=O) groups is 1. The topological polar surface area (TPSA) is 103 Å². The highest BCUT2D eigenvalue weighted by molar-refractivity contribution is 7.89. The molecular formula is C17H19N3O4S. The highest BCUT2D eigenvalue weighted by atomic mass is 32.2. The van der Waals surface area contributed by atoms with Gasteiger partial charge >= 0.3 is 0 Å². The van der Waals surface area contributed by atoms with Crippen LogP contribution in [0.15, 0.2) is 45.9 Å². The first-order valence-corrected chi connectivity index (χ1v) is 9.06. The third kappa shape index (κ3) is 4.68. The van der Waals surface area contributed by atoms with Crippen LogP contribution in [0.5, 0.6) is 0 Å². The van der Waals surface area contributed by atoms with Crippen molar-refractivity contribution in [3.05, 3.63) is 47.9 Å². The van der Waals surface area contributed by atoms with Crippen molar-refractivity contribution in [2.24, 2.45) is 0 Å². The van der Waals surface area contributed by atoms with Gasteiger partial charge < -0.3 is 9.73 Å². The zero-order valence-electron chi connectivity index (χ0n) is 14.0. The number of furan rings is 1. The van der Waals surface area contributed by atoms with E-state index in [0.717, 1.165) is 0 Å². The van der Waals surface area contributed by atoms with Crippen molar-refractivity contribution >= 4 is 21.6 Å². The van der Waals surface area contributed by atoms with E-state index in [2.05, 4.69) is 5.32 Å². The van der Waals surface area contributed by atoms with Gasteiger partial charge in [0.1, 0.15) is 5.76 Å². The summed E-state index contributed by atoms with van der Waals surface area (Å²) in [6.07, 6.45) is 1.53. The molecule has 25 heavy (non-hydrogen) atoms. The zero-order valence-corrected chi connectivity index (χ0v) is 14.8. The molecule has 1 aromatic carbocycles. The van der Waals surface area contributed by atoms with Crippen LogP contribution in [0.4, 0.5) is 5.69 Å². The lowest BCUT2D eigenvalue weighted by Gasteiger charge is -2.21. The number of carbonyl (C=O) groups excluding carboxylic acids is 1. The number of hydrogen-bond acceptors (Lipinski definition) is 5. The first kappa shape index (κ1) is 18.7. The molecule has 2 rings (SSSR count). The standard InChI is InChI=1S/C17H19N3O4S/c1-13-6-7-15(19-14(2)21)11-17(13)25(22,23)20(9-4-8-18)12-16-5-3-10-24-16/h3,5-7,10-11H,4,9,12H2,1-2H3,(H,19,21). The van der Waals surface area contributed by atoms with Crippen molar-refractivity contribution < 1.29 is 17.6 Å². The number of rotatable bonds is 7. The molecule has 0 spiro atoms. The molecule has 7 nitrogen and oxygen atoms in total. The van der Waals surface area contributed by atoms with Gasteiger partial charge in [0.25, 0.3) is 0 Å². The summed E-state index contributed by atoms with van der Waals surface area (Å²) < 4.78 is 32.6. The van der Waals surface area contributed by atoms with Crippen LogP contribution >= 0.6 is 0 Å². The van der Waals surface area contributed by atoms with Gasteiger partial charge in [-0.15, -0.1) is 0 Å². The highest BCUT2D eigenvalue weighted by Crippen LogP contribution is 2.25. The van der Waals surface area contributed by atoms with Gasteiger partial charge in [-0.1, -0.05) is 6.07 Å². The van der Waals surface area contributed by atoms with Crippen molar-refractivity contribution in [1.29, 1.82) is 5.26 Å². The van der Waals surface area contributed by atoms with Crippen LogP contribution in [0.3, 0.4) is 0 Å². The summed E-state index contributed by atoms with van der Waals surface area (Å²) in [5.74, 6) is 0.196. The maximum atomic E-state index is 13.1. The second kappa shape index (κ2) is 7.96. The number of sulfonamides is 1. The lowest BCUT2D eigenvalue weighted by molar-refractivity contribution is -0.114. The van der Waals surface area contributed by atoms with E-state index in [-0.39, 0.29) is 30.3 Å². The van der Waals surface area contributed by atoms with Crippen LogP contribution in [0.25, 0.3) is 0 Å². The van der Waals surface area contributed by atoms with Crippen LogP contribution in [-0.2, 0) is 21.4 Å². The molecule has 0 aliphatic rings. The predicted octanol–water partition coefficient (Wildman–Crippen LogP) is 2.65. The van der Waals surface area contributed by atoms with Gasteiger partial charge in [-0.3, -0.25) is 4.79 Å². The second-order valence-corrected chi connectivity index (χ2v) is 7.39. The summed E-state index contributed by atoms with van der Waals surface area (Å²) in [4.78, 5) is 11.3. The smallest absolute Gasteiger partial charge is 0.243 e. The minimum atomic E-state index is -3.87. The first-order valence-electron chi connectivity index (χ1n) is 7.62. The molecule has 0 aliphatic heterocycles. The monoisotopic (exact) mass is 361 g/mol. The Morgan fingerprint density at radius 2 is 2.12 bits per heavy atom. The molecule has 2 aromatic rings. The minimum Gasteiger partial charge on any atom is -0.468 e. The zero-order chi connectivity index (χ0) is 18.4. The van der Waals surface area contributed by atoms with Crippen molar-refractivity contribution in [1.82, 2.24) is 4.31 Å². The molecule has 132 valence electrons. The average molecular weight is 361 g/mol. The summed E-state index contributed by atoms with van der Waals surface area (Å²) in [5, 5.41) is 11.4. The Kier molecular flexibility index (Phi) is 5.96. The fourth-order valence-electron chi connectivity index (χ4n) is 2.33. The molecule has 0 bridgehead atoms. The van der Waals surface area contributed by atoms with Crippen molar-refractivity contribution in [3.8, 4) is 6.07 Å². The van der Waals surface area contributed by atoms with E-state index in [1.165, 1.54) is 23.6 Å². The van der Waals surface area contributed by atoms with Gasteiger partial charge in [0.15, 0.2) is 0 Å². The Morgan fingerprint density at radius 3 is 2.72 bits per heavy atom. The molecule has 1 aromatic heterocycles. The fourth-order valence-corrected chi connectivity index (χ4v) is 3.99. The van der Waals surface area contributed by atoms with Crippen molar-refractivity contribution in [3.63, 3.8) is 0 Å². The lowest BCUT2D eigenvalue weighted by Crippen LogP contribution is -2.32. The number of amides is 1. The summed E-state index contributed by atoms with van der Waals surface area (Å²) in [5.41, 5.74) is 0.949. The van der Waals surface area contributed by atoms with Gasteiger partial charge in [-0.2, -0.15) is 9.57 Å². The van der Waals surface area contributed by atoms with E-state index in [1.807, 2.05) is 6.07 Å². The SMILES string of the molecule is CC(=O)Nc1ccc(C)c(S(=O)(=O)N(CCC#N)Cc2ccco2)c1. The molecular weight excluding hydrogens is 342 g/mol. The maximum absolute atomic E-state index is 13.1. The minimum absolute atomic E-state index is 0.0286. The van der Waals surface area contributed by atoms with Crippen LogP contribution in [0.1, 0.15) is 24.7 Å². The van der Waals surface area contributed by atoms with Gasteiger partial charge in [0.05, 0.1) is 23.8 Å². The molecule has 0 fully saturated rings. The van der Waals surface area contributed by atoms with Gasteiger partial charge in [-0.05, 0) is 36.8 Å². The molecule has 0 saturated carbocycles. The van der Waals surface area contributed by atoms with Gasteiger partial charge in [0, 0.05) is 25.6 Å². The normalized spacial score (nSPS) is 11.3. The van der Waals surface area contributed by atoms with E-state index >= 15 is 0 Å². The predicted molar refractivity (Wildman–Crippen MR) is 92.0 cm³/mol. The average Bonchev–Trinajstić information content (AvgIpc) is 3.05. The largest absolute Gasteiger partial charge is 0.468 e. The van der Waals surface area contributed by atoms with E-state index in [9.17, 15) is 13.2 Å². The second-order valence-electron chi connectivity index (χ2n) is 5.49. The van der Waals surface area contributed by atoms with Gasteiger partial charge in [0.2, 0.25) is 15.9 Å². The molecule has 0 aliphatic carbocycles. The number of nitrogens with zero attached hydrogens (tertiary/aromatic N) is 2. The summed E-state index contributed by atoms with van der Waals surface area (Å²) in [7, 11) is -3.87. The molecule has 0 radical (unpaired) electrons. The van der Waals surface area contributed by atoms with Crippen LogP contribution in [0.2, 0.25) is 0 Å². The number of hydrogen-bond donors (Lipinski definition) is 1. The number of anilines is 1. The van der Waals surface area contributed by atoms with Crippen LogP contribution in [-0.4, -0.2) is 25.2 Å². The van der Waals surface area contributed by atoms with E-state index in [0.29, 0.717) is 17.0 Å². The van der Waals surface area contributed by atoms with Crippen molar-refractivity contribution in [2.75, 3.05) is 11.9 Å². The Labute approximate surface area is 146 Å². The summed E-state index contributed by atoms with van der Waals surface area (Å²) in [6, 6.07) is 10.0. The Bertz CT molecular complexity index is 883. The number of benzene rings is 1. The molecule has 8 heteroatoms. The van der Waals surface area contributed by atoms with Gasteiger partial charge in [-0.25, -0.2) is 8.42 Å². The number of aryl methyl sites for hydroxylation is 1. The third-order valence-corrected chi connectivity index (χ3v) is 5.50. The lowest BCUT2D eigenvalue weighted by atomic mass is 10.2. The van der Waals surface area contributed by atoms with E-state index in [4.69, 9.17) is 9.68 Å². The Hall–Kier alpha value is -2.63. The van der Waals surface area contributed by atoms with Crippen LogP contribution in [0, 0.1) is 18.3 Å². The fraction of sp³-hybridized carbons (Fsp3) is 0.294. The first-order chi connectivity index (χ1) is 11.8. The maximum Gasteiger partial charge on any atom is 0.243 e.